The lowest BCUT2D eigenvalue weighted by atomic mass is 9.66. The average molecular weight is 483 g/mol. The van der Waals surface area contributed by atoms with E-state index in [1.807, 2.05) is 0 Å². The van der Waals surface area contributed by atoms with Crippen molar-refractivity contribution in [3.05, 3.63) is 0 Å². The molecular formula is C13H24Cl2N4O7S2. The van der Waals surface area contributed by atoms with Gasteiger partial charge in [0.2, 0.25) is 0 Å². The zero-order chi connectivity index (χ0) is 20.5. The summed E-state index contributed by atoms with van der Waals surface area (Å²) in [7, 11) is -4.25. The molecule has 0 aromatic rings. The van der Waals surface area contributed by atoms with Crippen molar-refractivity contribution in [2.75, 3.05) is 0 Å². The fourth-order valence-corrected chi connectivity index (χ4v) is 6.76. The number of nitrogens with one attached hydrogen (secondary N) is 4. The minimum atomic E-state index is -4.25. The lowest BCUT2D eigenvalue weighted by Crippen LogP contribution is -2.71. The summed E-state index contributed by atoms with van der Waals surface area (Å²) in [6.07, 6.45) is -0.0971. The molecule has 0 aromatic carbocycles. The molecule has 0 radical (unpaired) electrons. The molecule has 28 heavy (non-hydrogen) atoms. The zero-order valence-corrected chi connectivity index (χ0v) is 17.7. The van der Waals surface area contributed by atoms with Crippen LogP contribution in [0.25, 0.3) is 0 Å². The van der Waals surface area contributed by atoms with Gasteiger partial charge < -0.3 is 5.11 Å². The van der Waals surface area contributed by atoms with E-state index in [0.29, 0.717) is 12.8 Å². The first-order chi connectivity index (χ1) is 13.2. The van der Waals surface area contributed by atoms with E-state index >= 15 is 0 Å². The second-order valence-corrected chi connectivity index (χ2v) is 10.8. The fourth-order valence-electron chi connectivity index (χ4n) is 4.51. The maximum absolute atomic E-state index is 11.6. The molecule has 2 aliphatic carbocycles. The molecule has 0 spiro atoms. The van der Waals surface area contributed by atoms with Gasteiger partial charge in [-0.2, -0.15) is 8.42 Å². The quantitative estimate of drug-likeness (QED) is 0.0674. The monoisotopic (exact) mass is 482 g/mol. The van der Waals surface area contributed by atoms with Gasteiger partial charge >= 0.3 is 0 Å². The van der Waals surface area contributed by atoms with Crippen molar-refractivity contribution in [1.29, 1.82) is 0 Å². The summed E-state index contributed by atoms with van der Waals surface area (Å²) in [5, 5.41) is 33.8. The summed E-state index contributed by atoms with van der Waals surface area (Å²) in [5.74, 6) is -0.437. The Morgan fingerprint density at radius 3 is 2.36 bits per heavy atom. The Bertz CT molecular complexity index is 626. The Morgan fingerprint density at radius 1 is 1.07 bits per heavy atom. The number of hydrogen-bond acceptors (Lipinski definition) is 11. The predicted molar refractivity (Wildman–Crippen MR) is 102 cm³/mol. The topological polar surface area (TPSA) is 161 Å². The molecule has 0 amide bonds. The van der Waals surface area contributed by atoms with Crippen LogP contribution in [0.2, 0.25) is 0 Å². The van der Waals surface area contributed by atoms with E-state index in [4.69, 9.17) is 28.5 Å². The molecule has 1 saturated heterocycles. The molecule has 2 saturated carbocycles. The summed E-state index contributed by atoms with van der Waals surface area (Å²) in [5.41, 5.74) is -1.14. The maximum atomic E-state index is 11.6. The Balaban J connectivity index is 1.75. The minimum absolute atomic E-state index is 0.0322. The number of aliphatic hydroxyl groups is 1. The van der Waals surface area contributed by atoms with Gasteiger partial charge in [0.25, 0.3) is 10.1 Å². The van der Waals surface area contributed by atoms with E-state index in [1.165, 1.54) is 0 Å². The van der Waals surface area contributed by atoms with E-state index in [2.05, 4.69) is 30.6 Å². The number of fused-ring (bicyclic) bond motifs is 1. The molecule has 0 aromatic heterocycles. The summed E-state index contributed by atoms with van der Waals surface area (Å²) in [6, 6.07) is -0.244. The first-order valence-electron chi connectivity index (χ1n) is 8.77. The first kappa shape index (κ1) is 23.2. The largest absolute Gasteiger partial charge is 0.393 e. The smallest absolute Gasteiger partial charge is 0.267 e. The predicted octanol–water partition coefficient (Wildman–Crippen LogP) is -0.0693. The zero-order valence-electron chi connectivity index (χ0n) is 14.6. The van der Waals surface area contributed by atoms with Gasteiger partial charge in [-0.05, 0) is 31.6 Å². The highest BCUT2D eigenvalue weighted by atomic mass is 35.5. The van der Waals surface area contributed by atoms with Crippen molar-refractivity contribution in [1.82, 2.24) is 21.3 Å². The molecule has 3 rings (SSSR count). The van der Waals surface area contributed by atoms with Gasteiger partial charge in [-0.1, -0.05) is 28.2 Å². The van der Waals surface area contributed by atoms with Gasteiger partial charge in [-0.15, -0.1) is 4.33 Å². The van der Waals surface area contributed by atoms with Crippen molar-refractivity contribution >= 4 is 45.4 Å². The maximum Gasteiger partial charge on any atom is 0.267 e. The van der Waals surface area contributed by atoms with Crippen LogP contribution in [0.3, 0.4) is 0 Å². The van der Waals surface area contributed by atoms with E-state index in [9.17, 15) is 18.1 Å². The van der Waals surface area contributed by atoms with Crippen LogP contribution in [0.1, 0.15) is 25.7 Å². The van der Waals surface area contributed by atoms with Crippen molar-refractivity contribution in [3.8, 4) is 0 Å². The van der Waals surface area contributed by atoms with Crippen LogP contribution >= 0.6 is 35.2 Å². The Morgan fingerprint density at radius 2 is 1.75 bits per heavy atom. The summed E-state index contributed by atoms with van der Waals surface area (Å²) < 4.78 is 37.3. The molecule has 8 unspecified atom stereocenters. The molecular weight excluding hydrogens is 459 g/mol. The fraction of sp³-hybridized carbons (Fsp3) is 1.00. The number of alkyl halides is 2. The lowest BCUT2D eigenvalue weighted by molar-refractivity contribution is -0.432. The number of aliphatic hydroxyl groups excluding tert-OH is 1. The molecule has 1 heterocycles. The highest BCUT2D eigenvalue weighted by Crippen LogP contribution is 2.45. The molecule has 15 heteroatoms. The van der Waals surface area contributed by atoms with Crippen LogP contribution in [0.15, 0.2) is 0 Å². The normalized spacial score (nSPS) is 44.8. The second-order valence-electron chi connectivity index (χ2n) is 7.28. The highest BCUT2D eigenvalue weighted by Gasteiger charge is 2.49. The van der Waals surface area contributed by atoms with Gasteiger partial charge in [-0.25, -0.2) is 5.26 Å². The Labute approximate surface area is 177 Å². The molecule has 3 aliphatic rings. The van der Waals surface area contributed by atoms with Gasteiger partial charge in [0, 0.05) is 29.3 Å². The average Bonchev–Trinajstić information content (AvgIpc) is 2.57. The first-order valence-corrected chi connectivity index (χ1v) is 12.0. The van der Waals surface area contributed by atoms with Crippen LogP contribution in [0, 0.1) is 11.8 Å². The standard InChI is InChI=1S/C13H24Cl2N4O7S2/c14-11-17-12(15)19-13(18-11)16-8-3-6(27-26-25-21)1-5-2-7(28(22,23)24)4-9(20)10(5)8/h5-13,16-21H,1-4H2,(H,22,23,24). The van der Waals surface area contributed by atoms with Crippen LogP contribution in [0.4, 0.5) is 0 Å². The lowest BCUT2D eigenvalue weighted by Gasteiger charge is -2.49. The molecule has 11 nitrogen and oxygen atoms in total. The van der Waals surface area contributed by atoms with Crippen LogP contribution in [-0.4, -0.2) is 63.5 Å². The summed E-state index contributed by atoms with van der Waals surface area (Å²) >= 11 is 13.0. The number of hydrogen-bond donors (Lipinski definition) is 7. The van der Waals surface area contributed by atoms with Crippen molar-refractivity contribution in [3.63, 3.8) is 0 Å². The summed E-state index contributed by atoms with van der Waals surface area (Å²) in [4.78, 5) is 0. The van der Waals surface area contributed by atoms with Crippen molar-refractivity contribution < 1.29 is 32.7 Å². The van der Waals surface area contributed by atoms with Crippen molar-refractivity contribution in [2.24, 2.45) is 11.8 Å². The SMILES string of the molecule is O=S(=O)(O)C1CC(O)C2C(CC(SOOO)CC2NC2NC(Cl)NC(Cl)N2)C1. The highest BCUT2D eigenvalue weighted by molar-refractivity contribution is 7.95. The molecule has 3 fully saturated rings. The number of halogens is 2. The van der Waals surface area contributed by atoms with E-state index in [0.717, 1.165) is 12.0 Å². The molecule has 1 aliphatic heterocycles. The molecule has 8 atom stereocenters. The van der Waals surface area contributed by atoms with Crippen LogP contribution in [-0.2, 0) is 19.5 Å². The second kappa shape index (κ2) is 9.77. The van der Waals surface area contributed by atoms with E-state index in [-0.39, 0.29) is 36.0 Å². The third kappa shape index (κ3) is 5.81. The van der Waals surface area contributed by atoms with Gasteiger partial charge in [-0.3, -0.25) is 25.8 Å². The Hall–Kier alpha value is 0.520. The number of rotatable bonds is 6. The van der Waals surface area contributed by atoms with Gasteiger partial charge in [0.15, 0.2) is 0 Å². The third-order valence-corrected chi connectivity index (χ3v) is 8.06. The van der Waals surface area contributed by atoms with Gasteiger partial charge in [0.05, 0.1) is 11.4 Å². The van der Waals surface area contributed by atoms with E-state index < -0.39 is 39.0 Å². The molecule has 0 bridgehead atoms. The summed E-state index contributed by atoms with van der Waals surface area (Å²) in [6.45, 7) is 0. The molecule has 7 N–H and O–H groups in total. The van der Waals surface area contributed by atoms with Crippen molar-refractivity contribution in [2.45, 2.75) is 65.9 Å². The van der Waals surface area contributed by atoms with Gasteiger partial charge in [0.1, 0.15) is 17.5 Å². The van der Waals surface area contributed by atoms with Crippen LogP contribution < -0.4 is 21.3 Å². The Kier molecular flexibility index (Phi) is 8.09. The third-order valence-electron chi connectivity index (χ3n) is 5.53. The van der Waals surface area contributed by atoms with Crippen LogP contribution in [0.5, 0.6) is 0 Å². The molecule has 164 valence electrons. The minimum Gasteiger partial charge on any atom is -0.393 e. The van der Waals surface area contributed by atoms with E-state index in [1.54, 1.807) is 0 Å².